The van der Waals surface area contributed by atoms with Crippen molar-refractivity contribution in [2.75, 3.05) is 7.11 Å². The van der Waals surface area contributed by atoms with E-state index in [1.54, 1.807) is 0 Å². The number of allylic oxidation sites excluding steroid dienone is 4. The first kappa shape index (κ1) is 7.11. The first-order valence-corrected chi connectivity index (χ1v) is 4.28. The van der Waals surface area contributed by atoms with Crippen molar-refractivity contribution < 1.29 is 4.74 Å². The molecule has 1 saturated carbocycles. The van der Waals surface area contributed by atoms with Gasteiger partial charge in [-0.3, -0.25) is 0 Å². The van der Waals surface area contributed by atoms with E-state index < -0.39 is 0 Å². The van der Waals surface area contributed by atoms with Crippen LogP contribution >= 0.6 is 0 Å². The van der Waals surface area contributed by atoms with Crippen molar-refractivity contribution in [1.29, 1.82) is 0 Å². The van der Waals surface area contributed by atoms with Crippen LogP contribution < -0.4 is 0 Å². The maximum absolute atomic E-state index is 5.34. The molecule has 2 rings (SSSR count). The Labute approximate surface area is 67.7 Å². The SMILES string of the molecule is COC1CC2C=CC=CC2C1. The predicted molar refractivity (Wildman–Crippen MR) is 45.3 cm³/mol. The van der Waals surface area contributed by atoms with E-state index in [0.29, 0.717) is 6.10 Å². The third-order valence-corrected chi connectivity index (χ3v) is 2.78. The molecule has 1 nitrogen and oxygen atoms in total. The molecular weight excluding hydrogens is 136 g/mol. The molecule has 2 unspecified atom stereocenters. The predicted octanol–water partition coefficient (Wildman–Crippen LogP) is 2.15. The van der Waals surface area contributed by atoms with Gasteiger partial charge in [0.2, 0.25) is 0 Å². The van der Waals surface area contributed by atoms with Gasteiger partial charge < -0.3 is 4.74 Å². The monoisotopic (exact) mass is 150 g/mol. The molecular formula is C10H14O. The van der Waals surface area contributed by atoms with Crippen molar-refractivity contribution in [2.24, 2.45) is 11.8 Å². The van der Waals surface area contributed by atoms with E-state index in [2.05, 4.69) is 24.3 Å². The lowest BCUT2D eigenvalue weighted by Gasteiger charge is -2.12. The van der Waals surface area contributed by atoms with Crippen molar-refractivity contribution >= 4 is 0 Å². The van der Waals surface area contributed by atoms with Gasteiger partial charge in [-0.15, -0.1) is 0 Å². The fourth-order valence-corrected chi connectivity index (χ4v) is 2.10. The summed E-state index contributed by atoms with van der Waals surface area (Å²) in [6.07, 6.45) is 11.8. The largest absolute Gasteiger partial charge is 0.381 e. The van der Waals surface area contributed by atoms with Crippen LogP contribution in [0.1, 0.15) is 12.8 Å². The molecule has 0 aromatic rings. The summed E-state index contributed by atoms with van der Waals surface area (Å²) in [5, 5.41) is 0. The zero-order valence-electron chi connectivity index (χ0n) is 6.86. The Morgan fingerprint density at radius 1 is 1.09 bits per heavy atom. The molecule has 1 fully saturated rings. The minimum Gasteiger partial charge on any atom is -0.381 e. The van der Waals surface area contributed by atoms with Crippen LogP contribution in [0, 0.1) is 11.8 Å². The topological polar surface area (TPSA) is 9.23 Å². The van der Waals surface area contributed by atoms with Crippen molar-refractivity contribution in [2.45, 2.75) is 18.9 Å². The first-order chi connectivity index (χ1) is 5.40. The maximum atomic E-state index is 5.34. The highest BCUT2D eigenvalue weighted by Gasteiger charge is 2.31. The molecule has 1 heteroatoms. The average Bonchev–Trinajstić information content (AvgIpc) is 2.46. The smallest absolute Gasteiger partial charge is 0.0583 e. The van der Waals surface area contributed by atoms with Crippen LogP contribution in [0.25, 0.3) is 0 Å². The number of methoxy groups -OCH3 is 1. The average molecular weight is 150 g/mol. The minimum atomic E-state index is 0.498. The van der Waals surface area contributed by atoms with E-state index in [-0.39, 0.29) is 0 Å². The fourth-order valence-electron chi connectivity index (χ4n) is 2.10. The van der Waals surface area contributed by atoms with Gasteiger partial charge >= 0.3 is 0 Å². The van der Waals surface area contributed by atoms with E-state index in [4.69, 9.17) is 4.74 Å². The van der Waals surface area contributed by atoms with Crippen LogP contribution in [0.3, 0.4) is 0 Å². The Bertz CT molecular complexity index is 173. The van der Waals surface area contributed by atoms with Crippen LogP contribution in [0.2, 0.25) is 0 Å². The Balaban J connectivity index is 2.06. The Morgan fingerprint density at radius 2 is 1.64 bits per heavy atom. The third-order valence-electron chi connectivity index (χ3n) is 2.78. The summed E-state index contributed by atoms with van der Waals surface area (Å²) in [7, 11) is 1.81. The van der Waals surface area contributed by atoms with Gasteiger partial charge in [0.25, 0.3) is 0 Å². The Hall–Kier alpha value is -0.560. The third kappa shape index (κ3) is 1.25. The second kappa shape index (κ2) is 2.82. The molecule has 2 aliphatic rings. The van der Waals surface area contributed by atoms with E-state index in [9.17, 15) is 0 Å². The molecule has 0 aromatic heterocycles. The van der Waals surface area contributed by atoms with Crippen LogP contribution in [0.5, 0.6) is 0 Å². The lowest BCUT2D eigenvalue weighted by Crippen LogP contribution is -2.03. The standard InChI is InChI=1S/C10H14O/c1-11-10-6-8-4-2-3-5-9(8)7-10/h2-5,8-10H,6-7H2,1H3. The molecule has 0 heterocycles. The molecule has 0 aliphatic heterocycles. The van der Waals surface area contributed by atoms with Crippen molar-refractivity contribution in [3.8, 4) is 0 Å². The van der Waals surface area contributed by atoms with Crippen molar-refractivity contribution in [3.05, 3.63) is 24.3 Å². The highest BCUT2D eigenvalue weighted by molar-refractivity contribution is 5.16. The number of hydrogen-bond acceptors (Lipinski definition) is 1. The Morgan fingerprint density at radius 3 is 2.09 bits per heavy atom. The molecule has 0 N–H and O–H groups in total. The summed E-state index contributed by atoms with van der Waals surface area (Å²) in [6, 6.07) is 0. The van der Waals surface area contributed by atoms with Gasteiger partial charge in [0, 0.05) is 7.11 Å². The van der Waals surface area contributed by atoms with E-state index in [1.165, 1.54) is 12.8 Å². The van der Waals surface area contributed by atoms with E-state index in [0.717, 1.165) is 11.8 Å². The molecule has 0 radical (unpaired) electrons. The zero-order chi connectivity index (χ0) is 7.68. The fraction of sp³-hybridized carbons (Fsp3) is 0.600. The zero-order valence-corrected chi connectivity index (χ0v) is 6.86. The maximum Gasteiger partial charge on any atom is 0.0583 e. The molecule has 0 spiro atoms. The second-order valence-electron chi connectivity index (χ2n) is 3.43. The van der Waals surface area contributed by atoms with Crippen molar-refractivity contribution in [1.82, 2.24) is 0 Å². The summed E-state index contributed by atoms with van der Waals surface area (Å²) in [4.78, 5) is 0. The Kier molecular flexibility index (Phi) is 1.82. The number of fused-ring (bicyclic) bond motifs is 1. The van der Waals surface area contributed by atoms with Crippen LogP contribution in [-0.4, -0.2) is 13.2 Å². The molecule has 0 saturated heterocycles. The van der Waals surface area contributed by atoms with Gasteiger partial charge in [0.1, 0.15) is 0 Å². The lowest BCUT2D eigenvalue weighted by atomic mass is 9.92. The molecule has 0 bridgehead atoms. The molecule has 0 aromatic carbocycles. The summed E-state index contributed by atoms with van der Waals surface area (Å²) in [6.45, 7) is 0. The molecule has 11 heavy (non-hydrogen) atoms. The van der Waals surface area contributed by atoms with Crippen LogP contribution in [0.4, 0.5) is 0 Å². The minimum absolute atomic E-state index is 0.498. The molecule has 0 amide bonds. The van der Waals surface area contributed by atoms with Crippen molar-refractivity contribution in [3.63, 3.8) is 0 Å². The number of rotatable bonds is 1. The number of hydrogen-bond donors (Lipinski definition) is 0. The molecule has 2 atom stereocenters. The first-order valence-electron chi connectivity index (χ1n) is 4.28. The molecule has 2 aliphatic carbocycles. The number of ether oxygens (including phenoxy) is 1. The lowest BCUT2D eigenvalue weighted by molar-refractivity contribution is 0.105. The van der Waals surface area contributed by atoms with Gasteiger partial charge in [-0.25, -0.2) is 0 Å². The molecule has 60 valence electrons. The van der Waals surface area contributed by atoms with E-state index in [1.807, 2.05) is 7.11 Å². The van der Waals surface area contributed by atoms with Gasteiger partial charge in [0.15, 0.2) is 0 Å². The second-order valence-corrected chi connectivity index (χ2v) is 3.43. The summed E-state index contributed by atoms with van der Waals surface area (Å²) in [5.41, 5.74) is 0. The summed E-state index contributed by atoms with van der Waals surface area (Å²) in [5.74, 6) is 1.51. The quantitative estimate of drug-likeness (QED) is 0.556. The van der Waals surface area contributed by atoms with Gasteiger partial charge in [-0.1, -0.05) is 24.3 Å². The van der Waals surface area contributed by atoms with Crippen LogP contribution in [0.15, 0.2) is 24.3 Å². The normalized spacial score (nSPS) is 41.0. The van der Waals surface area contributed by atoms with Gasteiger partial charge in [-0.2, -0.15) is 0 Å². The summed E-state index contributed by atoms with van der Waals surface area (Å²) >= 11 is 0. The van der Waals surface area contributed by atoms with E-state index >= 15 is 0 Å². The van der Waals surface area contributed by atoms with Crippen LogP contribution in [-0.2, 0) is 4.74 Å². The highest BCUT2D eigenvalue weighted by Crippen LogP contribution is 2.36. The summed E-state index contributed by atoms with van der Waals surface area (Å²) < 4.78 is 5.34. The highest BCUT2D eigenvalue weighted by atomic mass is 16.5. The van der Waals surface area contributed by atoms with Gasteiger partial charge in [0.05, 0.1) is 6.10 Å². The van der Waals surface area contributed by atoms with Gasteiger partial charge in [-0.05, 0) is 24.7 Å².